The second-order valence-corrected chi connectivity index (χ2v) is 4.83. The molecule has 4 heteroatoms. The van der Waals surface area contributed by atoms with E-state index >= 15 is 0 Å². The number of piperidine rings is 1. The monoisotopic (exact) mass is 239 g/mol. The molecule has 0 aliphatic carbocycles. The summed E-state index contributed by atoms with van der Waals surface area (Å²) in [6.45, 7) is 2.27. The lowest BCUT2D eigenvalue weighted by molar-refractivity contribution is 0.264. The third-order valence-corrected chi connectivity index (χ3v) is 3.46. The van der Waals surface area contributed by atoms with Crippen molar-refractivity contribution in [3.8, 4) is 0 Å². The van der Waals surface area contributed by atoms with Crippen molar-refractivity contribution in [2.24, 2.45) is 0 Å². The topological polar surface area (TPSA) is 41.3 Å². The smallest absolute Gasteiger partial charge is 0.0739 e. The van der Waals surface area contributed by atoms with Gasteiger partial charge in [0, 0.05) is 6.04 Å². The van der Waals surface area contributed by atoms with E-state index in [-0.39, 0.29) is 0 Å². The molecule has 0 saturated carbocycles. The molecule has 1 saturated heterocycles. The summed E-state index contributed by atoms with van der Waals surface area (Å²) in [5.41, 5.74) is 7.54. The number of nitrogens with zero attached hydrogens (tertiary/aromatic N) is 1. The summed E-state index contributed by atoms with van der Waals surface area (Å²) >= 11 is 5.98. The fourth-order valence-corrected chi connectivity index (χ4v) is 2.21. The number of para-hydroxylation sites is 1. The van der Waals surface area contributed by atoms with E-state index in [1.807, 2.05) is 18.2 Å². The maximum absolute atomic E-state index is 5.98. The van der Waals surface area contributed by atoms with Gasteiger partial charge in [-0.3, -0.25) is 0 Å². The number of halogens is 1. The standard InChI is InChI=1S/C12H18ClN3/c1-16-7-5-9(6-8-16)15-11-4-2-3-10(13)12(11)14/h2-4,9,15H,5-8,14H2,1H3. The second kappa shape index (κ2) is 4.93. The second-order valence-electron chi connectivity index (χ2n) is 4.42. The largest absolute Gasteiger partial charge is 0.396 e. The van der Waals surface area contributed by atoms with Crippen molar-refractivity contribution in [1.29, 1.82) is 0 Å². The van der Waals surface area contributed by atoms with Crippen molar-refractivity contribution in [2.45, 2.75) is 18.9 Å². The number of nitrogens with two attached hydrogens (primary N) is 1. The highest BCUT2D eigenvalue weighted by Gasteiger charge is 2.17. The quantitative estimate of drug-likeness (QED) is 0.779. The predicted molar refractivity (Wildman–Crippen MR) is 70.0 cm³/mol. The van der Waals surface area contributed by atoms with E-state index in [4.69, 9.17) is 17.3 Å². The van der Waals surface area contributed by atoms with Gasteiger partial charge in [0.1, 0.15) is 0 Å². The Balaban J connectivity index is 2.01. The van der Waals surface area contributed by atoms with Gasteiger partial charge >= 0.3 is 0 Å². The first-order valence-corrected chi connectivity index (χ1v) is 6.03. The Morgan fingerprint density at radius 2 is 2.06 bits per heavy atom. The van der Waals surface area contributed by atoms with Gasteiger partial charge in [-0.05, 0) is 45.1 Å². The molecule has 1 heterocycles. The normalized spacial score (nSPS) is 18.6. The van der Waals surface area contributed by atoms with Crippen molar-refractivity contribution < 1.29 is 0 Å². The molecule has 0 radical (unpaired) electrons. The summed E-state index contributed by atoms with van der Waals surface area (Å²) < 4.78 is 0. The molecule has 16 heavy (non-hydrogen) atoms. The molecule has 1 aromatic carbocycles. The first-order valence-electron chi connectivity index (χ1n) is 5.66. The number of likely N-dealkylation sites (tertiary alicyclic amines) is 1. The molecule has 0 bridgehead atoms. The first-order chi connectivity index (χ1) is 7.66. The van der Waals surface area contributed by atoms with E-state index in [2.05, 4.69) is 17.3 Å². The van der Waals surface area contributed by atoms with Gasteiger partial charge in [-0.25, -0.2) is 0 Å². The zero-order chi connectivity index (χ0) is 11.5. The number of anilines is 2. The molecule has 1 fully saturated rings. The summed E-state index contributed by atoms with van der Waals surface area (Å²) in [5.74, 6) is 0. The van der Waals surface area contributed by atoms with Crippen LogP contribution in [-0.4, -0.2) is 31.1 Å². The fraction of sp³-hybridized carbons (Fsp3) is 0.500. The first kappa shape index (κ1) is 11.6. The molecule has 3 nitrogen and oxygen atoms in total. The highest BCUT2D eigenvalue weighted by Crippen LogP contribution is 2.28. The Labute approximate surface area is 102 Å². The molecule has 88 valence electrons. The number of hydrogen-bond acceptors (Lipinski definition) is 3. The maximum atomic E-state index is 5.98. The van der Waals surface area contributed by atoms with E-state index in [0.29, 0.717) is 16.8 Å². The van der Waals surface area contributed by atoms with Gasteiger partial charge in [-0.1, -0.05) is 17.7 Å². The third-order valence-electron chi connectivity index (χ3n) is 3.13. The van der Waals surface area contributed by atoms with Crippen LogP contribution in [0.1, 0.15) is 12.8 Å². The van der Waals surface area contributed by atoms with Gasteiger partial charge < -0.3 is 16.0 Å². The van der Waals surface area contributed by atoms with Gasteiger partial charge in [0.05, 0.1) is 16.4 Å². The minimum Gasteiger partial charge on any atom is -0.396 e. The molecule has 0 spiro atoms. The van der Waals surface area contributed by atoms with Crippen LogP contribution in [0, 0.1) is 0 Å². The van der Waals surface area contributed by atoms with E-state index in [1.165, 1.54) is 0 Å². The maximum Gasteiger partial charge on any atom is 0.0739 e. The summed E-state index contributed by atoms with van der Waals surface area (Å²) in [6.07, 6.45) is 2.31. The van der Waals surface area contributed by atoms with Crippen molar-refractivity contribution in [3.05, 3.63) is 23.2 Å². The van der Waals surface area contributed by atoms with Crippen LogP contribution in [0.5, 0.6) is 0 Å². The summed E-state index contributed by atoms with van der Waals surface area (Å²) in [4.78, 5) is 2.35. The molecule has 2 rings (SSSR count). The number of nitrogen functional groups attached to an aromatic ring is 1. The van der Waals surface area contributed by atoms with Crippen molar-refractivity contribution in [3.63, 3.8) is 0 Å². The average Bonchev–Trinajstić information content (AvgIpc) is 2.28. The van der Waals surface area contributed by atoms with E-state index in [1.54, 1.807) is 0 Å². The molecular weight excluding hydrogens is 222 g/mol. The molecule has 3 N–H and O–H groups in total. The van der Waals surface area contributed by atoms with Crippen LogP contribution in [0.3, 0.4) is 0 Å². The third kappa shape index (κ3) is 2.60. The van der Waals surface area contributed by atoms with E-state index in [9.17, 15) is 0 Å². The average molecular weight is 240 g/mol. The number of hydrogen-bond donors (Lipinski definition) is 2. The zero-order valence-corrected chi connectivity index (χ0v) is 10.3. The lowest BCUT2D eigenvalue weighted by atomic mass is 10.1. The Bertz CT molecular complexity index is 359. The Morgan fingerprint density at radius 1 is 1.38 bits per heavy atom. The van der Waals surface area contributed by atoms with E-state index in [0.717, 1.165) is 31.6 Å². The van der Waals surface area contributed by atoms with Gasteiger partial charge in [-0.2, -0.15) is 0 Å². The zero-order valence-electron chi connectivity index (χ0n) is 9.54. The van der Waals surface area contributed by atoms with Crippen molar-refractivity contribution >= 4 is 23.0 Å². The molecule has 0 amide bonds. The van der Waals surface area contributed by atoms with Crippen LogP contribution in [0.4, 0.5) is 11.4 Å². The molecular formula is C12H18ClN3. The number of rotatable bonds is 2. The minimum absolute atomic E-state index is 0.511. The van der Waals surface area contributed by atoms with Gasteiger partial charge in [0.15, 0.2) is 0 Å². The van der Waals surface area contributed by atoms with Gasteiger partial charge in [-0.15, -0.1) is 0 Å². The van der Waals surface area contributed by atoms with Crippen molar-refractivity contribution in [1.82, 2.24) is 4.90 Å². The highest BCUT2D eigenvalue weighted by atomic mass is 35.5. The fourth-order valence-electron chi connectivity index (χ4n) is 2.04. The predicted octanol–water partition coefficient (Wildman–Crippen LogP) is 2.43. The van der Waals surface area contributed by atoms with Crippen LogP contribution in [0.15, 0.2) is 18.2 Å². The molecule has 0 atom stereocenters. The Hall–Kier alpha value is -0.930. The molecule has 1 aliphatic rings. The SMILES string of the molecule is CN1CCC(Nc2cccc(Cl)c2N)CC1. The van der Waals surface area contributed by atoms with Crippen LogP contribution >= 0.6 is 11.6 Å². The van der Waals surface area contributed by atoms with Crippen LogP contribution < -0.4 is 11.1 Å². The molecule has 0 aromatic heterocycles. The van der Waals surface area contributed by atoms with Crippen molar-refractivity contribution in [2.75, 3.05) is 31.2 Å². The summed E-state index contributed by atoms with van der Waals surface area (Å²) in [6, 6.07) is 6.24. The van der Waals surface area contributed by atoms with Crippen LogP contribution in [0.2, 0.25) is 5.02 Å². The van der Waals surface area contributed by atoms with Gasteiger partial charge in [0.25, 0.3) is 0 Å². The number of benzene rings is 1. The molecule has 1 aromatic rings. The Kier molecular flexibility index (Phi) is 3.56. The summed E-state index contributed by atoms with van der Waals surface area (Å²) in [7, 11) is 2.16. The minimum atomic E-state index is 0.511. The lowest BCUT2D eigenvalue weighted by Crippen LogP contribution is -2.36. The Morgan fingerprint density at radius 3 is 2.75 bits per heavy atom. The van der Waals surface area contributed by atoms with Crippen LogP contribution in [0.25, 0.3) is 0 Å². The van der Waals surface area contributed by atoms with Crippen LogP contribution in [-0.2, 0) is 0 Å². The molecule has 1 aliphatic heterocycles. The van der Waals surface area contributed by atoms with E-state index < -0.39 is 0 Å². The highest BCUT2D eigenvalue weighted by molar-refractivity contribution is 6.33. The van der Waals surface area contributed by atoms with Gasteiger partial charge in [0.2, 0.25) is 0 Å². The molecule has 0 unspecified atom stereocenters. The number of nitrogens with one attached hydrogen (secondary N) is 1. The lowest BCUT2D eigenvalue weighted by Gasteiger charge is -2.30. The summed E-state index contributed by atoms with van der Waals surface area (Å²) in [5, 5.41) is 4.10.